The van der Waals surface area contributed by atoms with Gasteiger partial charge in [-0.1, -0.05) is 30.0 Å². The number of halogens is 1. The molecule has 0 saturated carbocycles. The highest BCUT2D eigenvalue weighted by molar-refractivity contribution is 9.10. The highest BCUT2D eigenvalue weighted by Crippen LogP contribution is 2.41. The van der Waals surface area contributed by atoms with Crippen LogP contribution in [0.2, 0.25) is 0 Å². The number of amides is 1. The number of aryl methyl sites for hydroxylation is 1. The molecule has 1 aliphatic heterocycles. The third-order valence-electron chi connectivity index (χ3n) is 4.52. The Morgan fingerprint density at radius 1 is 1.29 bits per heavy atom. The van der Waals surface area contributed by atoms with Crippen LogP contribution in [0.25, 0.3) is 11.0 Å². The predicted molar refractivity (Wildman–Crippen MR) is 125 cm³/mol. The van der Waals surface area contributed by atoms with Crippen molar-refractivity contribution in [3.05, 3.63) is 62.4 Å². The number of hydrogen-bond donors (Lipinski definition) is 1. The van der Waals surface area contributed by atoms with Gasteiger partial charge in [0.15, 0.2) is 16.2 Å². The molecule has 1 fully saturated rings. The van der Waals surface area contributed by atoms with Crippen molar-refractivity contribution in [1.82, 2.24) is 0 Å². The van der Waals surface area contributed by atoms with E-state index in [1.54, 1.807) is 19.1 Å². The van der Waals surface area contributed by atoms with E-state index in [0.717, 1.165) is 0 Å². The molecular formula is C21H16BrN3O5S. The first-order valence-electron chi connectivity index (χ1n) is 9.07. The number of para-hydroxylation sites is 1. The molecule has 158 valence electrons. The number of benzene rings is 2. The van der Waals surface area contributed by atoms with E-state index in [1.807, 2.05) is 18.2 Å². The lowest BCUT2D eigenvalue weighted by atomic mass is 10.1. The van der Waals surface area contributed by atoms with Crippen LogP contribution in [0.1, 0.15) is 11.3 Å². The zero-order valence-electron chi connectivity index (χ0n) is 16.5. The number of phenols is 1. The molecule has 31 heavy (non-hydrogen) atoms. The number of fused-ring (bicyclic) bond motifs is 1. The molecule has 0 bridgehead atoms. The Hall–Kier alpha value is -3.11. The van der Waals surface area contributed by atoms with Crippen molar-refractivity contribution in [2.75, 3.05) is 17.8 Å². The third kappa shape index (κ3) is 3.84. The first-order chi connectivity index (χ1) is 14.9. The molecular weight excluding hydrogens is 486 g/mol. The first-order valence-corrected chi connectivity index (χ1v) is 10.8. The molecule has 1 aromatic heterocycles. The fraction of sp³-hybridized carbons (Fsp3) is 0.143. The van der Waals surface area contributed by atoms with Gasteiger partial charge in [0.2, 0.25) is 5.91 Å². The van der Waals surface area contributed by atoms with E-state index in [2.05, 4.69) is 26.1 Å². The second-order valence-electron chi connectivity index (χ2n) is 6.52. The van der Waals surface area contributed by atoms with Gasteiger partial charge in [-0.2, -0.15) is 5.10 Å². The van der Waals surface area contributed by atoms with Crippen molar-refractivity contribution in [3.8, 4) is 11.5 Å². The number of aromatic hydroxyl groups is 1. The van der Waals surface area contributed by atoms with Crippen LogP contribution < -0.4 is 15.1 Å². The van der Waals surface area contributed by atoms with Gasteiger partial charge in [0.25, 0.3) is 0 Å². The number of methoxy groups -OCH3 is 1. The molecule has 2 heterocycles. The number of thioether (sulfide) groups is 1. The van der Waals surface area contributed by atoms with E-state index in [1.165, 1.54) is 36.1 Å². The van der Waals surface area contributed by atoms with Gasteiger partial charge in [-0.15, -0.1) is 5.10 Å². The Balaban J connectivity index is 1.79. The second kappa shape index (κ2) is 8.56. The molecule has 0 spiro atoms. The molecule has 1 saturated heterocycles. The molecule has 0 aliphatic carbocycles. The van der Waals surface area contributed by atoms with Gasteiger partial charge in [-0.3, -0.25) is 14.5 Å². The summed E-state index contributed by atoms with van der Waals surface area (Å²) in [6.45, 7) is 1.64. The Morgan fingerprint density at radius 3 is 2.74 bits per heavy atom. The fourth-order valence-electron chi connectivity index (χ4n) is 3.18. The van der Waals surface area contributed by atoms with Gasteiger partial charge in [0.1, 0.15) is 27.1 Å². The van der Waals surface area contributed by atoms with Crippen LogP contribution in [0.3, 0.4) is 0 Å². The fourth-order valence-corrected chi connectivity index (χ4v) is 4.50. The van der Waals surface area contributed by atoms with Gasteiger partial charge in [-0.05, 0) is 35.0 Å². The SMILES string of the molecule is COc1c(/C=N/N=C2\SCC(=O)N2c2ccccc2)c(O)c(Br)c2oc(C)cc(=O)c12. The van der Waals surface area contributed by atoms with Crippen molar-refractivity contribution in [2.45, 2.75) is 6.92 Å². The number of rotatable bonds is 4. The molecule has 2 aromatic carbocycles. The van der Waals surface area contributed by atoms with Crippen molar-refractivity contribution in [3.63, 3.8) is 0 Å². The minimum atomic E-state index is -0.315. The average molecular weight is 502 g/mol. The lowest BCUT2D eigenvalue weighted by Crippen LogP contribution is -2.28. The van der Waals surface area contributed by atoms with Gasteiger partial charge in [0, 0.05) is 6.07 Å². The molecule has 1 amide bonds. The average Bonchev–Trinajstić information content (AvgIpc) is 3.13. The minimum absolute atomic E-state index is 0.105. The van der Waals surface area contributed by atoms with E-state index in [0.29, 0.717) is 16.6 Å². The molecule has 3 aromatic rings. The quantitative estimate of drug-likeness (QED) is 0.427. The van der Waals surface area contributed by atoms with Gasteiger partial charge in [0.05, 0.1) is 30.3 Å². The van der Waals surface area contributed by atoms with E-state index >= 15 is 0 Å². The summed E-state index contributed by atoms with van der Waals surface area (Å²) >= 11 is 4.53. The summed E-state index contributed by atoms with van der Waals surface area (Å²) in [6.07, 6.45) is 1.27. The minimum Gasteiger partial charge on any atom is -0.506 e. The van der Waals surface area contributed by atoms with Gasteiger partial charge in [-0.25, -0.2) is 0 Å². The number of ether oxygens (including phenoxy) is 1. The maximum absolute atomic E-state index is 12.6. The Kier molecular flexibility index (Phi) is 5.84. The number of amidine groups is 1. The van der Waals surface area contributed by atoms with E-state index in [9.17, 15) is 14.7 Å². The summed E-state index contributed by atoms with van der Waals surface area (Å²) < 4.78 is 11.2. The number of nitrogens with zero attached hydrogens (tertiary/aromatic N) is 3. The summed E-state index contributed by atoms with van der Waals surface area (Å²) in [5, 5.41) is 19.4. The summed E-state index contributed by atoms with van der Waals surface area (Å²) in [6, 6.07) is 10.5. The zero-order chi connectivity index (χ0) is 22.1. The Labute approximate surface area is 189 Å². The van der Waals surface area contributed by atoms with Crippen molar-refractivity contribution in [1.29, 1.82) is 0 Å². The molecule has 8 nitrogen and oxygen atoms in total. The van der Waals surface area contributed by atoms with Gasteiger partial charge < -0.3 is 14.3 Å². The van der Waals surface area contributed by atoms with E-state index in [4.69, 9.17) is 9.15 Å². The largest absolute Gasteiger partial charge is 0.506 e. The molecule has 0 radical (unpaired) electrons. The molecule has 4 rings (SSSR count). The normalized spacial score (nSPS) is 15.5. The number of carbonyl (C=O) groups excluding carboxylic acids is 1. The number of phenolic OH excluding ortho intramolecular Hbond substituents is 1. The smallest absolute Gasteiger partial charge is 0.243 e. The van der Waals surface area contributed by atoms with E-state index in [-0.39, 0.29) is 49.6 Å². The number of hydrogen-bond acceptors (Lipinski definition) is 8. The summed E-state index contributed by atoms with van der Waals surface area (Å²) in [5.74, 6) is 0.448. The second-order valence-corrected chi connectivity index (χ2v) is 8.25. The monoisotopic (exact) mass is 501 g/mol. The number of carbonyl (C=O) groups is 1. The van der Waals surface area contributed by atoms with Crippen LogP contribution >= 0.6 is 27.7 Å². The molecule has 1 N–H and O–H groups in total. The standard InChI is InChI=1S/C21H16BrN3O5S/c1-11-8-14(26)16-19(29-2)13(18(28)17(22)20(16)30-11)9-23-24-21-25(15(27)10-31-21)12-6-4-3-5-7-12/h3-9,28H,10H2,1-2H3/b23-9+,24-21-. The maximum Gasteiger partial charge on any atom is 0.243 e. The third-order valence-corrected chi connectivity index (χ3v) is 6.17. The van der Waals surface area contributed by atoms with Crippen LogP contribution in [0.5, 0.6) is 11.5 Å². The molecule has 0 atom stereocenters. The molecule has 1 aliphatic rings. The highest BCUT2D eigenvalue weighted by atomic mass is 79.9. The summed E-state index contributed by atoms with van der Waals surface area (Å²) in [4.78, 5) is 26.3. The van der Waals surface area contributed by atoms with Gasteiger partial charge >= 0.3 is 0 Å². The summed E-state index contributed by atoms with van der Waals surface area (Å²) in [5.41, 5.74) is 0.704. The van der Waals surface area contributed by atoms with Crippen molar-refractivity contribution in [2.24, 2.45) is 10.2 Å². The predicted octanol–water partition coefficient (Wildman–Crippen LogP) is 4.05. The lowest BCUT2D eigenvalue weighted by molar-refractivity contribution is -0.115. The van der Waals surface area contributed by atoms with Crippen LogP contribution in [0.15, 0.2) is 60.3 Å². The van der Waals surface area contributed by atoms with Crippen molar-refractivity contribution < 1.29 is 19.1 Å². The first kappa shape index (κ1) is 21.1. The topological polar surface area (TPSA) is 105 Å². The molecule has 0 unspecified atom stereocenters. The van der Waals surface area contributed by atoms with Crippen LogP contribution in [0, 0.1) is 6.92 Å². The maximum atomic E-state index is 12.6. The molecule has 10 heteroatoms. The van der Waals surface area contributed by atoms with E-state index < -0.39 is 0 Å². The van der Waals surface area contributed by atoms with Crippen molar-refractivity contribution >= 4 is 61.6 Å². The Bertz CT molecular complexity index is 1300. The lowest BCUT2D eigenvalue weighted by Gasteiger charge is -2.14. The zero-order valence-corrected chi connectivity index (χ0v) is 18.9. The van der Waals surface area contributed by atoms with Crippen LogP contribution in [-0.2, 0) is 4.79 Å². The Morgan fingerprint density at radius 2 is 2.03 bits per heavy atom. The van der Waals surface area contributed by atoms with Crippen LogP contribution in [0.4, 0.5) is 5.69 Å². The van der Waals surface area contributed by atoms with Crippen LogP contribution in [-0.4, -0.2) is 35.3 Å². The highest BCUT2D eigenvalue weighted by Gasteiger charge is 2.29. The summed E-state index contributed by atoms with van der Waals surface area (Å²) in [7, 11) is 1.38. The number of anilines is 1.